The summed E-state index contributed by atoms with van der Waals surface area (Å²) < 4.78 is 5.20. The van der Waals surface area contributed by atoms with Crippen molar-refractivity contribution in [3.05, 3.63) is 15.6 Å². The number of carbonyl (C=O) groups is 1. The normalized spacial score (nSPS) is 12.0. The van der Waals surface area contributed by atoms with E-state index in [4.69, 9.17) is 4.74 Å². The van der Waals surface area contributed by atoms with Crippen molar-refractivity contribution < 1.29 is 9.53 Å². The summed E-state index contributed by atoms with van der Waals surface area (Å²) in [7, 11) is 0. The fourth-order valence-corrected chi connectivity index (χ4v) is 3.35. The molecule has 154 valence electrons. The maximum Gasteiger partial charge on any atom is 0.407 e. The molecule has 3 N–H and O–H groups in total. The summed E-state index contributed by atoms with van der Waals surface area (Å²) in [6.07, 6.45) is 2.23. The standard InChI is InChI=1S/C19H35N5O2S/c1-7-15-14(3)27-16(24-15)10-13-22-17(20-8-2)21-11-9-12-23-18(25)26-19(4,5)6/h7-13H2,1-6H3,(H,23,25)(H2,20,21,22). The number of guanidine groups is 1. The first kappa shape index (κ1) is 23.2. The molecule has 1 heterocycles. The Kier molecular flexibility index (Phi) is 10.1. The van der Waals surface area contributed by atoms with E-state index in [-0.39, 0.29) is 6.09 Å². The van der Waals surface area contributed by atoms with Crippen LogP contribution in [0.2, 0.25) is 0 Å². The third-order valence-corrected chi connectivity index (χ3v) is 4.59. The third-order valence-electron chi connectivity index (χ3n) is 3.52. The summed E-state index contributed by atoms with van der Waals surface area (Å²) >= 11 is 1.77. The molecule has 27 heavy (non-hydrogen) atoms. The average molecular weight is 398 g/mol. The molecule has 1 aromatic rings. The summed E-state index contributed by atoms with van der Waals surface area (Å²) in [4.78, 5) is 22.1. The molecule has 1 rings (SSSR count). The predicted octanol–water partition coefficient (Wildman–Crippen LogP) is 3.03. The van der Waals surface area contributed by atoms with Gasteiger partial charge in [-0.1, -0.05) is 6.92 Å². The number of thiazole rings is 1. The van der Waals surface area contributed by atoms with Crippen molar-refractivity contribution in [1.29, 1.82) is 0 Å². The van der Waals surface area contributed by atoms with E-state index >= 15 is 0 Å². The van der Waals surface area contributed by atoms with E-state index in [0.29, 0.717) is 13.1 Å². The number of aryl methyl sites for hydroxylation is 2. The molecule has 0 aromatic carbocycles. The Morgan fingerprint density at radius 1 is 1.19 bits per heavy atom. The molecule has 8 heteroatoms. The molecule has 0 radical (unpaired) electrons. The first-order chi connectivity index (χ1) is 12.7. The number of ether oxygens (including phenoxy) is 1. The van der Waals surface area contributed by atoms with Crippen molar-refractivity contribution in [3.63, 3.8) is 0 Å². The summed E-state index contributed by atoms with van der Waals surface area (Å²) in [6, 6.07) is 0. The summed E-state index contributed by atoms with van der Waals surface area (Å²) in [5, 5.41) is 10.5. The van der Waals surface area contributed by atoms with Gasteiger partial charge in [-0.15, -0.1) is 11.3 Å². The Hall–Kier alpha value is -1.83. The number of rotatable bonds is 9. The summed E-state index contributed by atoms with van der Waals surface area (Å²) in [6.45, 7) is 14.6. The van der Waals surface area contributed by atoms with Crippen LogP contribution in [0.3, 0.4) is 0 Å². The fourth-order valence-electron chi connectivity index (χ4n) is 2.33. The number of hydrogen-bond acceptors (Lipinski definition) is 5. The number of nitrogens with zero attached hydrogens (tertiary/aromatic N) is 2. The lowest BCUT2D eigenvalue weighted by molar-refractivity contribution is 0.0527. The number of alkyl carbamates (subject to hydrolysis) is 1. The van der Waals surface area contributed by atoms with Crippen LogP contribution >= 0.6 is 11.3 Å². The molecule has 0 fully saturated rings. The van der Waals surface area contributed by atoms with Crippen molar-refractivity contribution >= 4 is 23.4 Å². The summed E-state index contributed by atoms with van der Waals surface area (Å²) in [5.41, 5.74) is 0.728. The highest BCUT2D eigenvalue weighted by atomic mass is 32.1. The molecule has 0 saturated carbocycles. The number of carbonyl (C=O) groups excluding carboxylic acids is 1. The van der Waals surface area contributed by atoms with Crippen molar-refractivity contribution in [2.24, 2.45) is 4.99 Å². The highest BCUT2D eigenvalue weighted by Crippen LogP contribution is 2.17. The van der Waals surface area contributed by atoms with Crippen LogP contribution in [0.25, 0.3) is 0 Å². The SMILES string of the molecule is CCNC(=NCCCNC(=O)OC(C)(C)C)NCCc1nc(CC)c(C)s1. The zero-order valence-corrected chi connectivity index (χ0v) is 18.4. The van der Waals surface area contributed by atoms with Gasteiger partial charge in [-0.05, 0) is 47.5 Å². The molecular weight excluding hydrogens is 362 g/mol. The number of nitrogens with one attached hydrogen (secondary N) is 3. The largest absolute Gasteiger partial charge is 0.444 e. The van der Waals surface area contributed by atoms with Gasteiger partial charge in [0.15, 0.2) is 5.96 Å². The van der Waals surface area contributed by atoms with E-state index in [1.54, 1.807) is 11.3 Å². The highest BCUT2D eigenvalue weighted by Gasteiger charge is 2.15. The van der Waals surface area contributed by atoms with Crippen LogP contribution in [-0.4, -0.2) is 48.8 Å². The number of hydrogen-bond donors (Lipinski definition) is 3. The van der Waals surface area contributed by atoms with Crippen molar-refractivity contribution in [2.45, 2.75) is 66.4 Å². The van der Waals surface area contributed by atoms with Gasteiger partial charge in [0.25, 0.3) is 0 Å². The minimum Gasteiger partial charge on any atom is -0.444 e. The first-order valence-corrected chi connectivity index (χ1v) is 10.5. The number of aliphatic imine (C=N–C) groups is 1. The van der Waals surface area contributed by atoms with Gasteiger partial charge in [-0.2, -0.15) is 0 Å². The van der Waals surface area contributed by atoms with Gasteiger partial charge in [0.05, 0.1) is 10.7 Å². The molecule has 0 aliphatic rings. The zero-order valence-electron chi connectivity index (χ0n) is 17.6. The van der Waals surface area contributed by atoms with Crippen LogP contribution in [0.15, 0.2) is 4.99 Å². The molecule has 1 amide bonds. The maximum absolute atomic E-state index is 11.6. The van der Waals surface area contributed by atoms with Gasteiger partial charge in [0.2, 0.25) is 0 Å². The van der Waals surface area contributed by atoms with Gasteiger partial charge in [-0.25, -0.2) is 9.78 Å². The van der Waals surface area contributed by atoms with Crippen molar-refractivity contribution in [2.75, 3.05) is 26.2 Å². The lowest BCUT2D eigenvalue weighted by Gasteiger charge is -2.19. The van der Waals surface area contributed by atoms with Gasteiger partial charge >= 0.3 is 6.09 Å². The van der Waals surface area contributed by atoms with E-state index < -0.39 is 5.60 Å². The zero-order chi connectivity index (χ0) is 20.3. The summed E-state index contributed by atoms with van der Waals surface area (Å²) in [5.74, 6) is 0.791. The van der Waals surface area contributed by atoms with E-state index in [2.05, 4.69) is 39.8 Å². The van der Waals surface area contributed by atoms with Crippen LogP contribution in [0.1, 0.15) is 56.6 Å². The minimum absolute atomic E-state index is 0.387. The van der Waals surface area contributed by atoms with Gasteiger partial charge < -0.3 is 20.7 Å². The molecule has 0 aliphatic carbocycles. The molecule has 0 bridgehead atoms. The Labute approximate surface area is 167 Å². The molecular formula is C19H35N5O2S. The molecule has 0 aliphatic heterocycles. The quantitative estimate of drug-likeness (QED) is 0.339. The fraction of sp³-hybridized carbons (Fsp3) is 0.737. The van der Waals surface area contributed by atoms with Crippen LogP contribution in [0.4, 0.5) is 4.79 Å². The second-order valence-electron chi connectivity index (χ2n) is 7.18. The van der Waals surface area contributed by atoms with Crippen molar-refractivity contribution in [1.82, 2.24) is 20.9 Å². The van der Waals surface area contributed by atoms with Gasteiger partial charge in [0, 0.05) is 37.5 Å². The van der Waals surface area contributed by atoms with Gasteiger partial charge in [-0.3, -0.25) is 4.99 Å². The van der Waals surface area contributed by atoms with E-state index in [9.17, 15) is 4.79 Å². The second-order valence-corrected chi connectivity index (χ2v) is 8.47. The Bertz CT molecular complexity index is 608. The van der Waals surface area contributed by atoms with Gasteiger partial charge in [0.1, 0.15) is 5.60 Å². The lowest BCUT2D eigenvalue weighted by atomic mass is 10.2. The molecule has 0 unspecified atom stereocenters. The van der Waals surface area contributed by atoms with Crippen molar-refractivity contribution in [3.8, 4) is 0 Å². The van der Waals surface area contributed by atoms with Crippen LogP contribution in [-0.2, 0) is 17.6 Å². The minimum atomic E-state index is -0.474. The highest BCUT2D eigenvalue weighted by molar-refractivity contribution is 7.11. The maximum atomic E-state index is 11.6. The number of aromatic nitrogens is 1. The monoisotopic (exact) mass is 397 g/mol. The second kappa shape index (κ2) is 11.8. The molecule has 0 saturated heterocycles. The van der Waals surface area contributed by atoms with Crippen LogP contribution < -0.4 is 16.0 Å². The molecule has 0 spiro atoms. The Balaban J connectivity index is 2.31. The lowest BCUT2D eigenvalue weighted by Crippen LogP contribution is -2.38. The van der Waals surface area contributed by atoms with E-state index in [1.165, 1.54) is 10.6 Å². The molecule has 0 atom stereocenters. The molecule has 1 aromatic heterocycles. The smallest absolute Gasteiger partial charge is 0.407 e. The predicted molar refractivity (Wildman–Crippen MR) is 113 cm³/mol. The van der Waals surface area contributed by atoms with Crippen LogP contribution in [0.5, 0.6) is 0 Å². The topological polar surface area (TPSA) is 87.6 Å². The van der Waals surface area contributed by atoms with E-state index in [1.807, 2.05) is 27.7 Å². The molecule has 7 nitrogen and oxygen atoms in total. The first-order valence-electron chi connectivity index (χ1n) is 9.69. The average Bonchev–Trinajstić information content (AvgIpc) is 2.92. The Morgan fingerprint density at radius 3 is 2.52 bits per heavy atom. The third kappa shape index (κ3) is 10.2. The van der Waals surface area contributed by atoms with Crippen LogP contribution in [0, 0.1) is 6.92 Å². The van der Waals surface area contributed by atoms with E-state index in [0.717, 1.165) is 43.3 Å². The number of amides is 1. The Morgan fingerprint density at radius 2 is 1.93 bits per heavy atom.